The summed E-state index contributed by atoms with van der Waals surface area (Å²) in [4.78, 5) is 33.7. The van der Waals surface area contributed by atoms with Gasteiger partial charge < -0.3 is 35.5 Å². The number of carbonyl (C=O) groups is 1. The summed E-state index contributed by atoms with van der Waals surface area (Å²) in [6.45, 7) is 14.0. The summed E-state index contributed by atoms with van der Waals surface area (Å²) in [5.74, 6) is -1.17. The number of hydrogen-bond acceptors (Lipinski definition) is 9. The number of nitrogens with two attached hydrogens (primary N) is 1. The van der Waals surface area contributed by atoms with E-state index >= 15 is 4.39 Å². The third kappa shape index (κ3) is 9.04. The maximum absolute atomic E-state index is 15.2. The zero-order valence-electron chi connectivity index (χ0n) is 26.9. The number of hydrogen-bond donors (Lipinski definition) is 4. The number of likely N-dealkylation sites (tertiary alicyclic amines) is 1. The third-order valence-electron chi connectivity index (χ3n) is 8.10. The first-order valence-electron chi connectivity index (χ1n) is 15.0. The minimum Gasteiger partial charge on any atom is -0.488 e. The number of benzene rings is 2. The van der Waals surface area contributed by atoms with Gasteiger partial charge in [0.25, 0.3) is 0 Å². The van der Waals surface area contributed by atoms with Gasteiger partial charge in [-0.15, -0.1) is 0 Å². The average molecular weight is 643 g/mol. The topological polar surface area (TPSA) is 135 Å². The minimum atomic E-state index is -2.46. The molecule has 2 atom stereocenters. The Kier molecular flexibility index (Phi) is 9.93. The lowest BCUT2D eigenvalue weighted by molar-refractivity contribution is 0.0181. The number of amides is 1. The summed E-state index contributed by atoms with van der Waals surface area (Å²) in [6.07, 6.45) is 1.95. The van der Waals surface area contributed by atoms with Crippen LogP contribution in [0.2, 0.25) is 18.1 Å². The highest BCUT2D eigenvalue weighted by molar-refractivity contribution is 6.72. The number of nitrogen functional groups attached to an aromatic ring is 1. The maximum Gasteiger partial charge on any atom is 0.410 e. The molecule has 0 bridgehead atoms. The predicted octanol–water partition coefficient (Wildman–Crippen LogP) is 7.20. The molecule has 2 aromatic carbocycles. The van der Waals surface area contributed by atoms with E-state index in [4.69, 9.17) is 15.2 Å². The van der Waals surface area contributed by atoms with Gasteiger partial charge in [-0.2, -0.15) is 4.98 Å². The zero-order chi connectivity index (χ0) is 33.2. The fourth-order valence-electron chi connectivity index (χ4n) is 5.11. The van der Waals surface area contributed by atoms with Gasteiger partial charge in [0.05, 0.1) is 12.2 Å². The molecule has 1 saturated heterocycles. The first-order chi connectivity index (χ1) is 20.9. The second-order valence-corrected chi connectivity index (χ2v) is 18.2. The Hall–Kier alpha value is -3.97. The summed E-state index contributed by atoms with van der Waals surface area (Å²) >= 11 is 0. The van der Waals surface area contributed by atoms with Gasteiger partial charge in [-0.1, -0.05) is 19.9 Å². The van der Waals surface area contributed by atoms with Gasteiger partial charge in [0, 0.05) is 29.7 Å². The van der Waals surface area contributed by atoms with Gasteiger partial charge in [-0.05, 0) is 88.0 Å². The monoisotopic (exact) mass is 642 g/mol. The first kappa shape index (κ1) is 33.9. The number of nitrogens with zero attached hydrogens (tertiary/aromatic N) is 3. The van der Waals surface area contributed by atoms with Crippen LogP contribution in [0.3, 0.4) is 0 Å². The van der Waals surface area contributed by atoms with Crippen LogP contribution in [0, 0.1) is 17.6 Å². The second kappa shape index (κ2) is 13.2. The van der Waals surface area contributed by atoms with Crippen molar-refractivity contribution in [2.45, 2.75) is 77.2 Å². The Morgan fingerprint density at radius 1 is 1.09 bits per heavy atom. The third-order valence-corrected chi connectivity index (χ3v) is 11.6. The van der Waals surface area contributed by atoms with Crippen LogP contribution >= 0.6 is 0 Å². The molecule has 1 aromatic heterocycles. The molecule has 2 heterocycles. The molecule has 0 spiro atoms. The molecule has 13 heteroatoms. The molecule has 3 aromatic rings. The lowest BCUT2D eigenvalue weighted by atomic mass is 9.94. The summed E-state index contributed by atoms with van der Waals surface area (Å²) in [6, 6.07) is 10.7. The molecule has 0 saturated carbocycles. The second-order valence-electron chi connectivity index (χ2n) is 13.8. The van der Waals surface area contributed by atoms with Crippen molar-refractivity contribution in [3.8, 4) is 5.75 Å². The summed E-state index contributed by atoms with van der Waals surface area (Å²) in [5.41, 5.74) is 6.51. The predicted molar refractivity (Wildman–Crippen MR) is 174 cm³/mol. The number of carbonyl (C=O) groups excluding carboxylic acids is 1. The highest BCUT2D eigenvalue weighted by Gasteiger charge is 2.44. The SMILES string of the molecule is CC(C)(C)OC(=O)N1C[C@H](CC(C)(C)[Si](C)(C)O)C[C@H]1COc1ccc(Nc2ncc(F)c(Nc3cccc(N)c3)n2)cc1F. The maximum atomic E-state index is 15.2. The normalized spacial score (nSPS) is 17.2. The Bertz CT molecular complexity index is 1510. The number of halogens is 2. The van der Waals surface area contributed by atoms with Gasteiger partial charge in [-0.3, -0.25) is 0 Å². The van der Waals surface area contributed by atoms with Crippen LogP contribution in [-0.2, 0) is 4.74 Å². The van der Waals surface area contributed by atoms with E-state index in [1.54, 1.807) is 35.2 Å². The number of aromatic nitrogens is 2. The number of nitrogens with one attached hydrogen (secondary N) is 2. The first-order valence-corrected chi connectivity index (χ1v) is 17.9. The van der Waals surface area contributed by atoms with Crippen LogP contribution < -0.4 is 21.1 Å². The van der Waals surface area contributed by atoms with Crippen molar-refractivity contribution in [3.05, 3.63) is 60.3 Å². The van der Waals surface area contributed by atoms with E-state index < -0.39 is 31.6 Å². The van der Waals surface area contributed by atoms with Gasteiger partial charge >= 0.3 is 6.09 Å². The van der Waals surface area contributed by atoms with Crippen LogP contribution in [0.1, 0.15) is 47.5 Å². The van der Waals surface area contributed by atoms with Crippen molar-refractivity contribution in [3.63, 3.8) is 0 Å². The fourth-order valence-corrected chi connectivity index (χ4v) is 5.90. The van der Waals surface area contributed by atoms with Gasteiger partial charge in [-0.25, -0.2) is 18.6 Å². The van der Waals surface area contributed by atoms with E-state index in [9.17, 15) is 14.0 Å². The molecule has 1 amide bonds. The molecular weight excluding hydrogens is 598 g/mol. The molecule has 4 rings (SSSR count). The van der Waals surface area contributed by atoms with Gasteiger partial charge in [0.2, 0.25) is 5.95 Å². The molecule has 244 valence electrons. The molecular formula is C32H44F2N6O4Si. The van der Waals surface area contributed by atoms with E-state index in [1.165, 1.54) is 12.1 Å². The largest absolute Gasteiger partial charge is 0.488 e. The number of anilines is 5. The Labute approximate surface area is 264 Å². The van der Waals surface area contributed by atoms with Crippen LogP contribution in [-0.4, -0.2) is 58.9 Å². The lowest BCUT2D eigenvalue weighted by Crippen LogP contribution is -2.42. The molecule has 45 heavy (non-hydrogen) atoms. The van der Waals surface area contributed by atoms with E-state index in [1.807, 2.05) is 33.9 Å². The van der Waals surface area contributed by atoms with Crippen molar-refractivity contribution in [1.29, 1.82) is 0 Å². The standard InChI is InChI=1S/C32H44F2N6O4Si/c1-31(2,3)44-30(41)40-18-20(16-32(4,5)45(6,7)42)13-24(40)19-43-27-12-11-23(15-25(27)33)38-29-36-17-26(34)28(39-29)37-22-10-8-9-21(35)14-22/h8-12,14-15,17,20,24,42H,13,16,18-19,35H2,1-7H3,(H2,36,37,38,39)/t20-,24-/m0/s1. The van der Waals surface area contributed by atoms with Crippen LogP contribution in [0.15, 0.2) is 48.7 Å². The van der Waals surface area contributed by atoms with Crippen LogP contribution in [0.5, 0.6) is 5.75 Å². The minimum absolute atomic E-state index is 0.0152. The van der Waals surface area contributed by atoms with E-state index in [2.05, 4.69) is 34.4 Å². The Morgan fingerprint density at radius 3 is 2.44 bits per heavy atom. The van der Waals surface area contributed by atoms with Crippen molar-refractivity contribution in [2.75, 3.05) is 29.5 Å². The lowest BCUT2D eigenvalue weighted by Gasteiger charge is -2.37. The molecule has 1 fully saturated rings. The highest BCUT2D eigenvalue weighted by atomic mass is 28.4. The fraction of sp³-hybridized carbons (Fsp3) is 0.469. The molecule has 1 aliphatic heterocycles. The number of ether oxygens (including phenoxy) is 2. The molecule has 5 N–H and O–H groups in total. The van der Waals surface area contributed by atoms with E-state index in [0.717, 1.165) is 12.6 Å². The number of rotatable bonds is 10. The average Bonchev–Trinajstić information content (AvgIpc) is 3.30. The van der Waals surface area contributed by atoms with Crippen molar-refractivity contribution >= 4 is 43.2 Å². The van der Waals surface area contributed by atoms with E-state index in [0.29, 0.717) is 30.0 Å². The quantitative estimate of drug-likeness (QED) is 0.134. The van der Waals surface area contributed by atoms with E-state index in [-0.39, 0.29) is 41.1 Å². The Morgan fingerprint density at radius 2 is 1.80 bits per heavy atom. The van der Waals surface area contributed by atoms with Crippen LogP contribution in [0.25, 0.3) is 0 Å². The summed E-state index contributed by atoms with van der Waals surface area (Å²) in [5, 5.41) is 5.48. The zero-order valence-corrected chi connectivity index (χ0v) is 27.9. The van der Waals surface area contributed by atoms with Crippen molar-refractivity contribution in [1.82, 2.24) is 14.9 Å². The Balaban J connectivity index is 1.43. The van der Waals surface area contributed by atoms with Crippen LogP contribution in [0.4, 0.5) is 42.4 Å². The van der Waals surface area contributed by atoms with Crippen molar-refractivity contribution < 1.29 is 27.8 Å². The van der Waals surface area contributed by atoms with Gasteiger partial charge in [0.15, 0.2) is 31.5 Å². The summed E-state index contributed by atoms with van der Waals surface area (Å²) in [7, 11) is -2.46. The molecule has 0 aliphatic carbocycles. The van der Waals surface area contributed by atoms with Gasteiger partial charge in [0.1, 0.15) is 12.2 Å². The molecule has 10 nitrogen and oxygen atoms in total. The molecule has 0 unspecified atom stereocenters. The molecule has 0 radical (unpaired) electrons. The highest BCUT2D eigenvalue weighted by Crippen LogP contribution is 2.44. The van der Waals surface area contributed by atoms with Crippen molar-refractivity contribution in [2.24, 2.45) is 5.92 Å². The smallest absolute Gasteiger partial charge is 0.410 e. The molecule has 1 aliphatic rings. The summed E-state index contributed by atoms with van der Waals surface area (Å²) < 4.78 is 41.1.